The molecule has 1 saturated heterocycles. The second kappa shape index (κ2) is 11.6. The van der Waals surface area contributed by atoms with Gasteiger partial charge in [-0.1, -0.05) is 77.2 Å². The SMILES string of the molecule is CCCCCCCCCCCCC1CC(=O)N(c2cccc(C(N)=O)c2)C1=O. The van der Waals surface area contributed by atoms with Crippen LogP contribution >= 0.6 is 0 Å². The molecule has 0 spiro atoms. The number of carbonyl (C=O) groups excluding carboxylic acids is 3. The molecule has 0 saturated carbocycles. The number of anilines is 1. The number of nitrogens with two attached hydrogens (primary N) is 1. The molecular formula is C23H34N2O3. The van der Waals surface area contributed by atoms with Crippen LogP contribution in [-0.4, -0.2) is 17.7 Å². The van der Waals surface area contributed by atoms with Gasteiger partial charge in [0, 0.05) is 17.9 Å². The first kappa shape index (κ1) is 22.1. The van der Waals surface area contributed by atoms with Gasteiger partial charge in [-0.05, 0) is 24.6 Å². The van der Waals surface area contributed by atoms with Crippen LogP contribution in [0.4, 0.5) is 5.69 Å². The van der Waals surface area contributed by atoms with E-state index in [0.717, 1.165) is 19.3 Å². The van der Waals surface area contributed by atoms with Crippen LogP contribution in [0.25, 0.3) is 0 Å². The number of unbranched alkanes of at least 4 members (excludes halogenated alkanes) is 9. The molecule has 2 rings (SSSR count). The lowest BCUT2D eigenvalue weighted by atomic mass is 9.98. The van der Waals surface area contributed by atoms with Crippen molar-refractivity contribution in [2.45, 2.75) is 84.0 Å². The van der Waals surface area contributed by atoms with Crippen molar-refractivity contribution in [1.29, 1.82) is 0 Å². The Balaban J connectivity index is 1.71. The zero-order valence-corrected chi connectivity index (χ0v) is 17.1. The smallest absolute Gasteiger partial charge is 0.248 e. The molecule has 5 heteroatoms. The van der Waals surface area contributed by atoms with Gasteiger partial charge < -0.3 is 5.73 Å². The number of primary amides is 1. The molecule has 0 radical (unpaired) electrons. The Morgan fingerprint density at radius 2 is 1.61 bits per heavy atom. The van der Waals surface area contributed by atoms with Crippen LogP contribution in [0.15, 0.2) is 24.3 Å². The summed E-state index contributed by atoms with van der Waals surface area (Å²) in [7, 11) is 0. The van der Waals surface area contributed by atoms with Gasteiger partial charge in [-0.25, -0.2) is 0 Å². The van der Waals surface area contributed by atoms with Crippen molar-refractivity contribution in [2.24, 2.45) is 11.7 Å². The highest BCUT2D eigenvalue weighted by atomic mass is 16.2. The molecule has 5 nitrogen and oxygen atoms in total. The fraction of sp³-hybridized carbons (Fsp3) is 0.609. The van der Waals surface area contributed by atoms with Crippen molar-refractivity contribution in [3.63, 3.8) is 0 Å². The Kier molecular flexibility index (Phi) is 9.18. The minimum absolute atomic E-state index is 0.150. The Labute approximate surface area is 168 Å². The number of rotatable bonds is 13. The van der Waals surface area contributed by atoms with E-state index in [0.29, 0.717) is 11.3 Å². The number of carbonyl (C=O) groups is 3. The van der Waals surface area contributed by atoms with Gasteiger partial charge in [-0.3, -0.25) is 19.3 Å². The first-order valence-corrected chi connectivity index (χ1v) is 10.8. The Morgan fingerprint density at radius 1 is 1.00 bits per heavy atom. The van der Waals surface area contributed by atoms with E-state index in [1.807, 2.05) is 0 Å². The maximum absolute atomic E-state index is 12.7. The predicted molar refractivity (Wildman–Crippen MR) is 112 cm³/mol. The molecule has 1 aliphatic heterocycles. The minimum Gasteiger partial charge on any atom is -0.366 e. The highest BCUT2D eigenvalue weighted by Crippen LogP contribution is 2.30. The van der Waals surface area contributed by atoms with Gasteiger partial charge in [0.25, 0.3) is 0 Å². The van der Waals surface area contributed by atoms with E-state index in [1.54, 1.807) is 18.2 Å². The lowest BCUT2D eigenvalue weighted by molar-refractivity contribution is -0.122. The average molecular weight is 387 g/mol. The van der Waals surface area contributed by atoms with Crippen molar-refractivity contribution < 1.29 is 14.4 Å². The molecule has 1 heterocycles. The number of hydrogen-bond acceptors (Lipinski definition) is 3. The van der Waals surface area contributed by atoms with Gasteiger partial charge in [0.15, 0.2) is 0 Å². The van der Waals surface area contributed by atoms with Crippen molar-refractivity contribution in [2.75, 3.05) is 4.90 Å². The Morgan fingerprint density at radius 3 is 2.21 bits per heavy atom. The highest BCUT2D eigenvalue weighted by molar-refractivity contribution is 6.21. The van der Waals surface area contributed by atoms with Crippen LogP contribution < -0.4 is 10.6 Å². The van der Waals surface area contributed by atoms with Crippen LogP contribution in [0, 0.1) is 5.92 Å². The van der Waals surface area contributed by atoms with E-state index in [4.69, 9.17) is 5.73 Å². The zero-order chi connectivity index (χ0) is 20.4. The summed E-state index contributed by atoms with van der Waals surface area (Å²) in [6.45, 7) is 2.24. The van der Waals surface area contributed by atoms with Crippen LogP contribution in [0.5, 0.6) is 0 Å². The second-order valence-electron chi connectivity index (χ2n) is 7.85. The predicted octanol–water partition coefficient (Wildman–Crippen LogP) is 4.98. The molecule has 2 N–H and O–H groups in total. The third-order valence-corrected chi connectivity index (χ3v) is 5.54. The van der Waals surface area contributed by atoms with Gasteiger partial charge in [0.1, 0.15) is 0 Å². The fourth-order valence-electron chi connectivity index (χ4n) is 3.87. The number of hydrogen-bond donors (Lipinski definition) is 1. The lowest BCUT2D eigenvalue weighted by Crippen LogP contribution is -2.30. The number of amides is 3. The molecule has 1 aromatic carbocycles. The topological polar surface area (TPSA) is 80.5 Å². The summed E-state index contributed by atoms with van der Waals surface area (Å²) in [6.07, 6.45) is 13.5. The monoisotopic (exact) mass is 386 g/mol. The van der Waals surface area contributed by atoms with E-state index in [1.165, 1.54) is 62.3 Å². The van der Waals surface area contributed by atoms with Crippen LogP contribution in [0.1, 0.15) is 94.3 Å². The summed E-state index contributed by atoms with van der Waals surface area (Å²) in [5, 5.41) is 0. The quantitative estimate of drug-likeness (QED) is 0.384. The third-order valence-electron chi connectivity index (χ3n) is 5.54. The molecule has 1 fully saturated rings. The van der Waals surface area contributed by atoms with Gasteiger partial charge in [0.2, 0.25) is 17.7 Å². The largest absolute Gasteiger partial charge is 0.366 e. The molecule has 154 valence electrons. The summed E-state index contributed by atoms with van der Waals surface area (Å²) < 4.78 is 0. The van der Waals surface area contributed by atoms with Crippen LogP contribution in [0.2, 0.25) is 0 Å². The molecule has 28 heavy (non-hydrogen) atoms. The number of imide groups is 1. The Hall–Kier alpha value is -2.17. The molecule has 0 aliphatic carbocycles. The average Bonchev–Trinajstić information content (AvgIpc) is 2.96. The first-order valence-electron chi connectivity index (χ1n) is 10.8. The molecule has 1 aliphatic rings. The Bertz CT molecular complexity index is 672. The molecule has 1 unspecified atom stereocenters. The number of benzene rings is 1. The standard InChI is InChI=1S/C23H34N2O3/c1-2-3-4-5-6-7-8-9-10-11-13-19-17-21(26)25(23(19)28)20-15-12-14-18(16-20)22(24)27/h12,14-16,19H,2-11,13,17H2,1H3,(H2,24,27). The van der Waals surface area contributed by atoms with Gasteiger partial charge >= 0.3 is 0 Å². The minimum atomic E-state index is -0.567. The van der Waals surface area contributed by atoms with Gasteiger partial charge in [-0.15, -0.1) is 0 Å². The molecule has 1 aromatic rings. The van der Waals surface area contributed by atoms with Crippen LogP contribution in [0.3, 0.4) is 0 Å². The molecular weight excluding hydrogens is 352 g/mol. The second-order valence-corrected chi connectivity index (χ2v) is 7.85. The summed E-state index contributed by atoms with van der Waals surface area (Å²) in [4.78, 5) is 37.6. The molecule has 0 aromatic heterocycles. The van der Waals surface area contributed by atoms with E-state index in [2.05, 4.69) is 6.92 Å². The van der Waals surface area contributed by atoms with E-state index in [-0.39, 0.29) is 24.2 Å². The maximum Gasteiger partial charge on any atom is 0.248 e. The fourth-order valence-corrected chi connectivity index (χ4v) is 3.87. The molecule has 3 amide bonds. The van der Waals surface area contributed by atoms with Gasteiger partial charge in [0.05, 0.1) is 5.69 Å². The van der Waals surface area contributed by atoms with Crippen molar-refractivity contribution >= 4 is 23.4 Å². The van der Waals surface area contributed by atoms with E-state index < -0.39 is 5.91 Å². The van der Waals surface area contributed by atoms with Crippen molar-refractivity contribution in [3.8, 4) is 0 Å². The third kappa shape index (κ3) is 6.47. The lowest BCUT2D eigenvalue weighted by Gasteiger charge is -2.15. The summed E-state index contributed by atoms with van der Waals surface area (Å²) >= 11 is 0. The molecule has 0 bridgehead atoms. The van der Waals surface area contributed by atoms with Gasteiger partial charge in [-0.2, -0.15) is 0 Å². The van der Waals surface area contributed by atoms with Crippen LogP contribution in [-0.2, 0) is 9.59 Å². The highest BCUT2D eigenvalue weighted by Gasteiger charge is 2.39. The zero-order valence-electron chi connectivity index (χ0n) is 17.1. The summed E-state index contributed by atoms with van der Waals surface area (Å²) in [5.74, 6) is -1.15. The first-order chi connectivity index (χ1) is 13.5. The van der Waals surface area contributed by atoms with E-state index in [9.17, 15) is 14.4 Å². The maximum atomic E-state index is 12.7. The summed E-state index contributed by atoms with van der Waals surface area (Å²) in [5.41, 5.74) is 6.04. The normalized spacial score (nSPS) is 16.8. The summed E-state index contributed by atoms with van der Waals surface area (Å²) in [6, 6.07) is 6.41. The van der Waals surface area contributed by atoms with Crippen molar-refractivity contribution in [1.82, 2.24) is 0 Å². The number of nitrogens with zero attached hydrogens (tertiary/aromatic N) is 1. The van der Waals surface area contributed by atoms with E-state index >= 15 is 0 Å². The molecule has 1 atom stereocenters. The van der Waals surface area contributed by atoms with Crippen molar-refractivity contribution in [3.05, 3.63) is 29.8 Å².